The molecule has 0 N–H and O–H groups in total. The zero-order valence-electron chi connectivity index (χ0n) is 20.5. The number of carbonyl (C=O) groups is 1. The molecule has 0 aliphatic carbocycles. The fourth-order valence-corrected chi connectivity index (χ4v) is 3.80. The number of fused-ring (bicyclic) bond motifs is 1. The molecule has 0 aliphatic rings. The van der Waals surface area contributed by atoms with Gasteiger partial charge >= 0.3 is 5.69 Å². The van der Waals surface area contributed by atoms with Gasteiger partial charge in [0.25, 0.3) is 5.56 Å². The molecule has 0 unspecified atom stereocenters. The minimum atomic E-state index is -0.477. The maximum Gasteiger partial charge on any atom is 0.332 e. The molecule has 2 heterocycles. The molecule has 0 bridgehead atoms. The Bertz CT molecular complexity index is 1270. The van der Waals surface area contributed by atoms with E-state index in [1.54, 1.807) is 11.9 Å². The van der Waals surface area contributed by atoms with Gasteiger partial charge in [0.2, 0.25) is 5.91 Å². The number of amides is 1. The van der Waals surface area contributed by atoms with Crippen molar-refractivity contribution in [1.29, 1.82) is 0 Å². The van der Waals surface area contributed by atoms with E-state index in [2.05, 4.69) is 4.98 Å². The summed E-state index contributed by atoms with van der Waals surface area (Å²) < 4.78 is 15.4. The zero-order chi connectivity index (χ0) is 24.8. The summed E-state index contributed by atoms with van der Waals surface area (Å²) in [7, 11) is 2.97. The standard InChI is InChI=1S/C24H33N5O5/c1-6-11-28(14-17-9-10-18(34-12-7-2)19(13-17)33-8-3)20(30)15-29-16-25-22-21(29)23(31)27(5)24(32)26(22)4/h9-10,13,16H,6-8,11-12,14-15H2,1-5H3. The minimum absolute atomic E-state index is 0.0556. The lowest BCUT2D eigenvalue weighted by Crippen LogP contribution is -2.38. The highest BCUT2D eigenvalue weighted by Crippen LogP contribution is 2.29. The average Bonchev–Trinajstić information content (AvgIpc) is 3.24. The van der Waals surface area contributed by atoms with E-state index in [0.717, 1.165) is 23.0 Å². The molecule has 3 aromatic rings. The molecule has 0 atom stereocenters. The van der Waals surface area contributed by atoms with Crippen LogP contribution in [0.15, 0.2) is 34.1 Å². The molecular formula is C24H33N5O5. The van der Waals surface area contributed by atoms with Gasteiger partial charge in [-0.3, -0.25) is 18.7 Å². The Morgan fingerprint density at radius 2 is 1.79 bits per heavy atom. The lowest BCUT2D eigenvalue weighted by molar-refractivity contribution is -0.132. The predicted molar refractivity (Wildman–Crippen MR) is 129 cm³/mol. The van der Waals surface area contributed by atoms with Crippen molar-refractivity contribution in [3.8, 4) is 11.5 Å². The smallest absolute Gasteiger partial charge is 0.332 e. The summed E-state index contributed by atoms with van der Waals surface area (Å²) in [6.07, 6.45) is 3.11. The van der Waals surface area contributed by atoms with Gasteiger partial charge in [0.1, 0.15) is 6.54 Å². The van der Waals surface area contributed by atoms with Gasteiger partial charge in [-0.15, -0.1) is 0 Å². The SMILES string of the molecule is CCCOc1ccc(CN(CCC)C(=O)Cn2cnc3c2c(=O)n(C)c(=O)n3C)cc1OCC. The van der Waals surface area contributed by atoms with Crippen LogP contribution in [0.3, 0.4) is 0 Å². The molecule has 0 saturated carbocycles. The Kier molecular flexibility index (Phi) is 8.14. The van der Waals surface area contributed by atoms with E-state index in [4.69, 9.17) is 9.47 Å². The summed E-state index contributed by atoms with van der Waals surface area (Å²) in [5, 5.41) is 0. The molecule has 34 heavy (non-hydrogen) atoms. The highest BCUT2D eigenvalue weighted by molar-refractivity contribution is 5.79. The van der Waals surface area contributed by atoms with E-state index in [1.165, 1.54) is 22.5 Å². The molecule has 1 aromatic carbocycles. The maximum atomic E-state index is 13.3. The average molecular weight is 472 g/mol. The summed E-state index contributed by atoms with van der Waals surface area (Å²) in [4.78, 5) is 44.1. The fraction of sp³-hybridized carbons (Fsp3) is 0.500. The maximum absolute atomic E-state index is 13.3. The van der Waals surface area contributed by atoms with E-state index in [1.807, 2.05) is 39.0 Å². The van der Waals surface area contributed by atoms with Gasteiger partial charge in [0.15, 0.2) is 22.7 Å². The van der Waals surface area contributed by atoms with Crippen molar-refractivity contribution in [3.63, 3.8) is 0 Å². The quantitative estimate of drug-likeness (QED) is 0.424. The molecule has 3 rings (SSSR count). The van der Waals surface area contributed by atoms with Crippen LogP contribution in [0.4, 0.5) is 0 Å². The topological polar surface area (TPSA) is 101 Å². The largest absolute Gasteiger partial charge is 0.490 e. The van der Waals surface area contributed by atoms with Crippen LogP contribution < -0.4 is 20.7 Å². The minimum Gasteiger partial charge on any atom is -0.490 e. The third-order valence-corrected chi connectivity index (χ3v) is 5.51. The Labute approximate surface area is 198 Å². The van der Waals surface area contributed by atoms with E-state index in [0.29, 0.717) is 37.8 Å². The molecule has 10 nitrogen and oxygen atoms in total. The van der Waals surface area contributed by atoms with E-state index in [9.17, 15) is 14.4 Å². The second kappa shape index (κ2) is 11.0. The van der Waals surface area contributed by atoms with Crippen molar-refractivity contribution in [2.24, 2.45) is 14.1 Å². The van der Waals surface area contributed by atoms with E-state index < -0.39 is 11.2 Å². The van der Waals surface area contributed by atoms with Gasteiger partial charge in [-0.05, 0) is 37.5 Å². The lowest BCUT2D eigenvalue weighted by atomic mass is 10.1. The summed E-state index contributed by atoms with van der Waals surface area (Å²) in [5.74, 6) is 1.19. The predicted octanol–water partition coefficient (Wildman–Crippen LogP) is 2.06. The van der Waals surface area contributed by atoms with Crippen molar-refractivity contribution in [1.82, 2.24) is 23.6 Å². The number of carbonyl (C=O) groups excluding carboxylic acids is 1. The Morgan fingerprint density at radius 3 is 2.47 bits per heavy atom. The number of ether oxygens (including phenoxy) is 2. The first-order chi connectivity index (χ1) is 16.3. The van der Waals surface area contributed by atoms with Crippen molar-refractivity contribution in [2.75, 3.05) is 19.8 Å². The normalized spacial score (nSPS) is 11.1. The number of imidazole rings is 1. The number of benzene rings is 1. The lowest BCUT2D eigenvalue weighted by Gasteiger charge is -2.23. The van der Waals surface area contributed by atoms with E-state index >= 15 is 0 Å². The fourth-order valence-electron chi connectivity index (χ4n) is 3.80. The molecule has 0 aliphatic heterocycles. The van der Waals surface area contributed by atoms with Crippen LogP contribution in [0.5, 0.6) is 11.5 Å². The number of hydrogen-bond donors (Lipinski definition) is 0. The Balaban J connectivity index is 1.86. The monoisotopic (exact) mass is 471 g/mol. The third kappa shape index (κ3) is 5.16. The molecule has 0 spiro atoms. The third-order valence-electron chi connectivity index (χ3n) is 5.51. The molecular weight excluding hydrogens is 438 g/mol. The van der Waals surface area contributed by atoms with Crippen LogP contribution in [0, 0.1) is 0 Å². The number of aromatic nitrogens is 4. The van der Waals surface area contributed by atoms with E-state index in [-0.39, 0.29) is 23.6 Å². The molecule has 2 aromatic heterocycles. The van der Waals surface area contributed by atoms with Crippen LogP contribution in [0.2, 0.25) is 0 Å². The van der Waals surface area contributed by atoms with Crippen molar-refractivity contribution in [3.05, 3.63) is 50.9 Å². The second-order valence-corrected chi connectivity index (χ2v) is 8.13. The Morgan fingerprint density at radius 1 is 1.03 bits per heavy atom. The summed E-state index contributed by atoms with van der Waals surface area (Å²) >= 11 is 0. The van der Waals surface area contributed by atoms with Crippen LogP contribution >= 0.6 is 0 Å². The first-order valence-corrected chi connectivity index (χ1v) is 11.6. The molecule has 0 fully saturated rings. The second-order valence-electron chi connectivity index (χ2n) is 8.13. The molecule has 0 saturated heterocycles. The first-order valence-electron chi connectivity index (χ1n) is 11.6. The van der Waals surface area contributed by atoms with Crippen LogP contribution in [0.1, 0.15) is 39.2 Å². The zero-order valence-corrected chi connectivity index (χ0v) is 20.5. The molecule has 1 amide bonds. The van der Waals surface area contributed by atoms with Crippen molar-refractivity contribution < 1.29 is 14.3 Å². The molecule has 0 radical (unpaired) electrons. The van der Waals surface area contributed by atoms with Gasteiger partial charge in [-0.1, -0.05) is 19.9 Å². The highest BCUT2D eigenvalue weighted by Gasteiger charge is 2.20. The van der Waals surface area contributed by atoms with Gasteiger partial charge < -0.3 is 18.9 Å². The number of nitrogens with zero attached hydrogens (tertiary/aromatic N) is 5. The van der Waals surface area contributed by atoms with Gasteiger partial charge in [-0.25, -0.2) is 9.78 Å². The van der Waals surface area contributed by atoms with Crippen molar-refractivity contribution >= 4 is 17.1 Å². The van der Waals surface area contributed by atoms with Gasteiger partial charge in [0.05, 0.1) is 19.5 Å². The first kappa shape index (κ1) is 25.1. The number of hydrogen-bond acceptors (Lipinski definition) is 6. The summed E-state index contributed by atoms with van der Waals surface area (Å²) in [6, 6.07) is 5.71. The van der Waals surface area contributed by atoms with Crippen LogP contribution in [-0.4, -0.2) is 49.3 Å². The number of aryl methyl sites for hydroxylation is 1. The highest BCUT2D eigenvalue weighted by atomic mass is 16.5. The molecule has 10 heteroatoms. The van der Waals surface area contributed by atoms with Crippen molar-refractivity contribution in [2.45, 2.75) is 46.7 Å². The van der Waals surface area contributed by atoms with Gasteiger partial charge in [0, 0.05) is 27.2 Å². The Hall–Kier alpha value is -3.56. The van der Waals surface area contributed by atoms with Crippen LogP contribution in [0.25, 0.3) is 11.2 Å². The van der Waals surface area contributed by atoms with Gasteiger partial charge in [-0.2, -0.15) is 0 Å². The summed E-state index contributed by atoms with van der Waals surface area (Å²) in [6.45, 7) is 7.97. The summed E-state index contributed by atoms with van der Waals surface area (Å²) in [5.41, 5.74) is 0.466. The molecule has 184 valence electrons. The van der Waals surface area contributed by atoms with Crippen LogP contribution in [-0.2, 0) is 32.0 Å². The number of rotatable bonds is 11.